The fourth-order valence-electron chi connectivity index (χ4n) is 2.28. The summed E-state index contributed by atoms with van der Waals surface area (Å²) in [6, 6.07) is 18.2. The predicted molar refractivity (Wildman–Crippen MR) is 87.8 cm³/mol. The van der Waals surface area contributed by atoms with Crippen LogP contribution in [-0.4, -0.2) is 22.4 Å². The molecule has 0 fully saturated rings. The number of hydrogen-bond acceptors (Lipinski definition) is 3. The highest BCUT2D eigenvalue weighted by Gasteiger charge is 2.09. The van der Waals surface area contributed by atoms with E-state index in [0.29, 0.717) is 5.88 Å². The van der Waals surface area contributed by atoms with Crippen LogP contribution in [0.2, 0.25) is 0 Å². The first-order chi connectivity index (χ1) is 10.4. The van der Waals surface area contributed by atoms with E-state index in [4.69, 9.17) is 16.6 Å². The van der Waals surface area contributed by atoms with Crippen LogP contribution in [0.5, 0.6) is 0 Å². The molecular formula is C17H16ClN3. The highest BCUT2D eigenvalue weighted by molar-refractivity contribution is 6.18. The predicted octanol–water partition coefficient (Wildman–Crippen LogP) is 3.88. The van der Waals surface area contributed by atoms with E-state index in [9.17, 15) is 0 Å². The van der Waals surface area contributed by atoms with Crippen molar-refractivity contribution in [1.82, 2.24) is 9.97 Å². The zero-order valence-corrected chi connectivity index (χ0v) is 12.4. The third-order valence-electron chi connectivity index (χ3n) is 3.33. The van der Waals surface area contributed by atoms with Crippen LogP contribution in [-0.2, 0) is 6.54 Å². The molecule has 0 saturated carbocycles. The largest absolute Gasteiger partial charge is 0.350 e. The van der Waals surface area contributed by atoms with E-state index >= 15 is 0 Å². The molecule has 1 aromatic heterocycles. The second-order valence-electron chi connectivity index (χ2n) is 4.81. The molecule has 3 rings (SSSR count). The van der Waals surface area contributed by atoms with Crippen LogP contribution >= 0.6 is 11.6 Å². The van der Waals surface area contributed by atoms with Gasteiger partial charge in [-0.3, -0.25) is 4.98 Å². The van der Waals surface area contributed by atoms with Gasteiger partial charge in [0.05, 0.1) is 17.2 Å². The first-order valence-corrected chi connectivity index (χ1v) is 7.47. The average Bonchev–Trinajstić information content (AvgIpc) is 2.55. The molecule has 0 atom stereocenters. The first-order valence-electron chi connectivity index (χ1n) is 6.93. The van der Waals surface area contributed by atoms with Gasteiger partial charge in [-0.1, -0.05) is 42.5 Å². The lowest BCUT2D eigenvalue weighted by Gasteiger charge is -2.22. The lowest BCUT2D eigenvalue weighted by Crippen LogP contribution is -2.26. The number of halogens is 1. The summed E-state index contributed by atoms with van der Waals surface area (Å²) in [5.74, 6) is 1.42. The fourth-order valence-corrected chi connectivity index (χ4v) is 2.48. The maximum absolute atomic E-state index is 5.94. The molecule has 4 heteroatoms. The lowest BCUT2D eigenvalue weighted by atomic mass is 10.2. The molecule has 0 radical (unpaired) electrons. The van der Waals surface area contributed by atoms with Crippen molar-refractivity contribution in [2.24, 2.45) is 0 Å². The van der Waals surface area contributed by atoms with Crippen molar-refractivity contribution in [2.45, 2.75) is 6.54 Å². The zero-order valence-electron chi connectivity index (χ0n) is 11.6. The summed E-state index contributed by atoms with van der Waals surface area (Å²) in [5.41, 5.74) is 3.05. The second-order valence-corrected chi connectivity index (χ2v) is 5.19. The monoisotopic (exact) mass is 297 g/mol. The summed E-state index contributed by atoms with van der Waals surface area (Å²) >= 11 is 5.94. The van der Waals surface area contributed by atoms with Crippen LogP contribution in [0.4, 0.5) is 5.82 Å². The van der Waals surface area contributed by atoms with Gasteiger partial charge in [0, 0.05) is 19.0 Å². The molecule has 3 aromatic rings. The van der Waals surface area contributed by atoms with Crippen LogP contribution in [0.3, 0.4) is 0 Å². The van der Waals surface area contributed by atoms with Crippen LogP contribution in [0, 0.1) is 0 Å². The van der Waals surface area contributed by atoms with Crippen molar-refractivity contribution < 1.29 is 0 Å². The maximum Gasteiger partial charge on any atom is 0.148 e. The number of aromatic nitrogens is 2. The number of anilines is 1. The van der Waals surface area contributed by atoms with Crippen LogP contribution in [0.1, 0.15) is 5.56 Å². The molecule has 0 N–H and O–H groups in total. The average molecular weight is 298 g/mol. The standard InChI is InChI=1S/C17H16ClN3/c18-10-11-21(13-14-6-2-1-3-7-14)17-12-19-15-8-4-5-9-16(15)20-17/h1-9,12H,10-11,13H2. The van der Waals surface area contributed by atoms with Crippen LogP contribution in [0.25, 0.3) is 11.0 Å². The van der Waals surface area contributed by atoms with Crippen molar-refractivity contribution in [2.75, 3.05) is 17.3 Å². The molecule has 3 nitrogen and oxygen atoms in total. The molecule has 0 amide bonds. The molecule has 0 bridgehead atoms. The van der Waals surface area contributed by atoms with E-state index in [-0.39, 0.29) is 0 Å². The van der Waals surface area contributed by atoms with E-state index in [2.05, 4.69) is 22.0 Å². The maximum atomic E-state index is 5.94. The quantitative estimate of drug-likeness (QED) is 0.669. The Kier molecular flexibility index (Phi) is 4.31. The van der Waals surface area contributed by atoms with Gasteiger partial charge in [0.1, 0.15) is 5.82 Å². The van der Waals surface area contributed by atoms with Gasteiger partial charge in [0.15, 0.2) is 0 Å². The van der Waals surface area contributed by atoms with Gasteiger partial charge in [0.2, 0.25) is 0 Å². The van der Waals surface area contributed by atoms with Gasteiger partial charge >= 0.3 is 0 Å². The van der Waals surface area contributed by atoms with Crippen LogP contribution < -0.4 is 4.90 Å². The number of benzene rings is 2. The minimum absolute atomic E-state index is 0.557. The number of nitrogens with zero attached hydrogens (tertiary/aromatic N) is 3. The van der Waals surface area contributed by atoms with Crippen molar-refractivity contribution in [3.8, 4) is 0 Å². The highest BCUT2D eigenvalue weighted by Crippen LogP contribution is 2.17. The molecule has 106 valence electrons. The Morgan fingerprint density at radius 1 is 0.905 bits per heavy atom. The molecular weight excluding hydrogens is 282 g/mol. The van der Waals surface area contributed by atoms with Crippen LogP contribution in [0.15, 0.2) is 60.8 Å². The number of alkyl halides is 1. The van der Waals surface area contributed by atoms with Gasteiger partial charge in [-0.2, -0.15) is 0 Å². The Balaban J connectivity index is 1.91. The van der Waals surface area contributed by atoms with Gasteiger partial charge in [0.25, 0.3) is 0 Å². The summed E-state index contributed by atoms with van der Waals surface area (Å²) in [6.45, 7) is 1.52. The fraction of sp³-hybridized carbons (Fsp3) is 0.176. The van der Waals surface area contributed by atoms with Crippen molar-refractivity contribution in [3.63, 3.8) is 0 Å². The van der Waals surface area contributed by atoms with Gasteiger partial charge < -0.3 is 4.90 Å². The Morgan fingerprint density at radius 3 is 2.38 bits per heavy atom. The topological polar surface area (TPSA) is 29.0 Å². The number of hydrogen-bond donors (Lipinski definition) is 0. The molecule has 0 aliphatic rings. The lowest BCUT2D eigenvalue weighted by molar-refractivity contribution is 0.816. The summed E-state index contributed by atoms with van der Waals surface area (Å²) in [4.78, 5) is 11.3. The number of para-hydroxylation sites is 2. The zero-order chi connectivity index (χ0) is 14.5. The Hall–Kier alpha value is -2.13. The third-order valence-corrected chi connectivity index (χ3v) is 3.50. The smallest absolute Gasteiger partial charge is 0.148 e. The normalized spacial score (nSPS) is 10.7. The Bertz CT molecular complexity index is 715. The van der Waals surface area contributed by atoms with E-state index in [1.54, 1.807) is 0 Å². The molecule has 0 unspecified atom stereocenters. The second kappa shape index (κ2) is 6.55. The van der Waals surface area contributed by atoms with E-state index in [0.717, 1.165) is 29.9 Å². The summed E-state index contributed by atoms with van der Waals surface area (Å²) in [5, 5.41) is 0. The SMILES string of the molecule is ClCCN(Cc1ccccc1)c1cnc2ccccc2n1. The molecule has 21 heavy (non-hydrogen) atoms. The molecule has 0 saturated heterocycles. The highest BCUT2D eigenvalue weighted by atomic mass is 35.5. The van der Waals surface area contributed by atoms with Crippen molar-refractivity contribution in [1.29, 1.82) is 0 Å². The molecule has 1 heterocycles. The Morgan fingerprint density at radius 2 is 1.62 bits per heavy atom. The summed E-state index contributed by atoms with van der Waals surface area (Å²) in [6.07, 6.45) is 1.82. The molecule has 0 spiro atoms. The molecule has 0 aliphatic heterocycles. The minimum Gasteiger partial charge on any atom is -0.350 e. The van der Waals surface area contributed by atoms with Gasteiger partial charge in [-0.05, 0) is 17.7 Å². The van der Waals surface area contributed by atoms with E-state index in [1.165, 1.54) is 5.56 Å². The minimum atomic E-state index is 0.557. The first kappa shape index (κ1) is 13.8. The summed E-state index contributed by atoms with van der Waals surface area (Å²) < 4.78 is 0. The van der Waals surface area contributed by atoms with Gasteiger partial charge in [-0.25, -0.2) is 4.98 Å². The summed E-state index contributed by atoms with van der Waals surface area (Å²) in [7, 11) is 0. The Labute approximate surface area is 129 Å². The van der Waals surface area contributed by atoms with E-state index < -0.39 is 0 Å². The van der Waals surface area contributed by atoms with E-state index in [1.807, 2.05) is 48.7 Å². The third kappa shape index (κ3) is 3.31. The van der Waals surface area contributed by atoms with Gasteiger partial charge in [-0.15, -0.1) is 11.6 Å². The molecule has 0 aliphatic carbocycles. The number of fused-ring (bicyclic) bond motifs is 1. The number of rotatable bonds is 5. The molecule has 2 aromatic carbocycles. The van der Waals surface area contributed by atoms with Crippen molar-refractivity contribution in [3.05, 3.63) is 66.4 Å². The van der Waals surface area contributed by atoms with Crippen molar-refractivity contribution >= 4 is 28.5 Å².